The molecule has 0 aromatic heterocycles. The lowest BCUT2D eigenvalue weighted by atomic mass is 9.99. The first-order valence-electron chi connectivity index (χ1n) is 6.56. The molecule has 1 saturated heterocycles. The van der Waals surface area contributed by atoms with Crippen molar-refractivity contribution in [2.24, 2.45) is 0 Å². The summed E-state index contributed by atoms with van der Waals surface area (Å²) < 4.78 is 26.4. The molecule has 2 rings (SSSR count). The number of hydrogen-bond acceptors (Lipinski definition) is 2. The van der Waals surface area contributed by atoms with Crippen molar-refractivity contribution in [3.8, 4) is 0 Å². The van der Waals surface area contributed by atoms with Crippen molar-refractivity contribution in [3.63, 3.8) is 0 Å². The molecule has 1 fully saturated rings. The zero-order valence-electron chi connectivity index (χ0n) is 10.9. The van der Waals surface area contributed by atoms with E-state index in [1.54, 1.807) is 0 Å². The molecule has 1 amide bonds. The molecule has 2 N–H and O–H groups in total. The zero-order valence-corrected chi connectivity index (χ0v) is 10.9. The minimum absolute atomic E-state index is 0.198. The fourth-order valence-electron chi connectivity index (χ4n) is 2.39. The fourth-order valence-corrected chi connectivity index (χ4v) is 2.39. The van der Waals surface area contributed by atoms with Crippen molar-refractivity contribution in [3.05, 3.63) is 35.4 Å². The van der Waals surface area contributed by atoms with Gasteiger partial charge in [0.05, 0.1) is 5.56 Å². The number of piperidine rings is 1. The Morgan fingerprint density at radius 2 is 2.21 bits per heavy atom. The molecule has 2 atom stereocenters. The van der Waals surface area contributed by atoms with E-state index in [0.29, 0.717) is 12.6 Å². The van der Waals surface area contributed by atoms with Gasteiger partial charge >= 0.3 is 0 Å². The maximum Gasteiger partial charge on any atom is 0.254 e. The first-order valence-corrected chi connectivity index (χ1v) is 6.56. The van der Waals surface area contributed by atoms with Crippen molar-refractivity contribution in [1.82, 2.24) is 10.6 Å². The Morgan fingerprint density at radius 1 is 1.42 bits per heavy atom. The number of carbonyl (C=O) groups excluding carboxylic acids is 1. The van der Waals surface area contributed by atoms with Gasteiger partial charge < -0.3 is 10.6 Å². The van der Waals surface area contributed by atoms with Gasteiger partial charge in [-0.25, -0.2) is 8.78 Å². The van der Waals surface area contributed by atoms with E-state index in [9.17, 15) is 13.6 Å². The summed E-state index contributed by atoms with van der Waals surface area (Å²) in [5, 5.41) is 6.02. The zero-order chi connectivity index (χ0) is 13.8. The first-order chi connectivity index (χ1) is 9.08. The Labute approximate surface area is 111 Å². The molecule has 0 aliphatic carbocycles. The summed E-state index contributed by atoms with van der Waals surface area (Å²) >= 11 is 0. The lowest BCUT2D eigenvalue weighted by molar-refractivity contribution is 0.0941. The number of halogens is 2. The van der Waals surface area contributed by atoms with Gasteiger partial charge in [-0.1, -0.05) is 12.5 Å². The second-order valence-electron chi connectivity index (χ2n) is 5.01. The van der Waals surface area contributed by atoms with Gasteiger partial charge in [0.2, 0.25) is 0 Å². The molecule has 1 heterocycles. The Hall–Kier alpha value is -1.49. The van der Waals surface area contributed by atoms with Crippen LogP contribution in [0, 0.1) is 11.6 Å². The predicted octanol–water partition coefficient (Wildman–Crippen LogP) is 2.23. The highest BCUT2D eigenvalue weighted by Gasteiger charge is 2.20. The summed E-state index contributed by atoms with van der Waals surface area (Å²) in [6, 6.07) is 4.24. The number of carbonyl (C=O) groups is 1. The second kappa shape index (κ2) is 6.10. The molecule has 0 radical (unpaired) electrons. The van der Waals surface area contributed by atoms with E-state index in [2.05, 4.69) is 17.6 Å². The summed E-state index contributed by atoms with van der Waals surface area (Å²) in [5.41, 5.74) is -0.246. The lowest BCUT2D eigenvalue weighted by Crippen LogP contribution is -2.47. The minimum Gasteiger partial charge on any atom is -0.350 e. The molecule has 104 valence electrons. The van der Waals surface area contributed by atoms with E-state index >= 15 is 0 Å². The van der Waals surface area contributed by atoms with Crippen LogP contribution in [-0.4, -0.2) is 24.5 Å². The minimum atomic E-state index is -1.09. The number of rotatable bonds is 3. The largest absolute Gasteiger partial charge is 0.350 e. The van der Waals surface area contributed by atoms with Crippen molar-refractivity contribution in [2.75, 3.05) is 6.54 Å². The summed E-state index contributed by atoms with van der Waals surface area (Å²) in [4.78, 5) is 11.8. The van der Waals surface area contributed by atoms with Crippen molar-refractivity contribution in [1.29, 1.82) is 0 Å². The molecule has 5 heteroatoms. The SMILES string of the molecule is CC1CCCC(CNC(=O)c2cccc(F)c2F)N1. The molecule has 1 aliphatic heterocycles. The lowest BCUT2D eigenvalue weighted by Gasteiger charge is -2.28. The molecule has 19 heavy (non-hydrogen) atoms. The van der Waals surface area contributed by atoms with Gasteiger partial charge in [0.25, 0.3) is 5.91 Å². The van der Waals surface area contributed by atoms with Crippen molar-refractivity contribution >= 4 is 5.91 Å². The second-order valence-corrected chi connectivity index (χ2v) is 5.01. The van der Waals surface area contributed by atoms with Crippen LogP contribution in [0.2, 0.25) is 0 Å². The van der Waals surface area contributed by atoms with E-state index in [0.717, 1.165) is 25.3 Å². The van der Waals surface area contributed by atoms with Crippen LogP contribution in [-0.2, 0) is 0 Å². The standard InChI is InChI=1S/C14H18F2N2O/c1-9-4-2-5-10(18-9)8-17-14(19)11-6-3-7-12(15)13(11)16/h3,6-7,9-10,18H,2,4-5,8H2,1H3,(H,17,19). The third-order valence-corrected chi connectivity index (χ3v) is 3.42. The van der Waals surface area contributed by atoms with Crippen LogP contribution in [0.5, 0.6) is 0 Å². The van der Waals surface area contributed by atoms with Crippen LogP contribution in [0.4, 0.5) is 8.78 Å². The van der Waals surface area contributed by atoms with Crippen LogP contribution < -0.4 is 10.6 Å². The number of nitrogens with one attached hydrogen (secondary N) is 2. The Kier molecular flexibility index (Phi) is 4.47. The molecule has 3 nitrogen and oxygen atoms in total. The third kappa shape index (κ3) is 3.50. The fraction of sp³-hybridized carbons (Fsp3) is 0.500. The summed E-state index contributed by atoms with van der Waals surface area (Å²) in [6.07, 6.45) is 3.22. The average Bonchev–Trinajstić information content (AvgIpc) is 2.39. The molecule has 2 unspecified atom stereocenters. The Balaban J connectivity index is 1.92. The highest BCUT2D eigenvalue weighted by molar-refractivity contribution is 5.94. The Bertz CT molecular complexity index is 465. The van der Waals surface area contributed by atoms with Crippen molar-refractivity contribution in [2.45, 2.75) is 38.3 Å². The number of hydrogen-bond donors (Lipinski definition) is 2. The van der Waals surface area contributed by atoms with Gasteiger partial charge in [-0.3, -0.25) is 4.79 Å². The first kappa shape index (κ1) is 13.9. The smallest absolute Gasteiger partial charge is 0.254 e. The van der Waals surface area contributed by atoms with Gasteiger partial charge in [0.1, 0.15) is 0 Å². The van der Waals surface area contributed by atoms with Crippen LogP contribution in [0.25, 0.3) is 0 Å². The molecule has 0 spiro atoms. The summed E-state index contributed by atoms with van der Waals surface area (Å²) in [6.45, 7) is 2.53. The monoisotopic (exact) mass is 268 g/mol. The maximum atomic E-state index is 13.4. The molecule has 0 saturated carbocycles. The van der Waals surface area contributed by atoms with E-state index in [1.807, 2.05) is 0 Å². The van der Waals surface area contributed by atoms with Gasteiger partial charge in [-0.05, 0) is 31.9 Å². The van der Waals surface area contributed by atoms with Gasteiger partial charge in [0, 0.05) is 18.6 Å². The normalized spacial score (nSPS) is 23.1. The molecule has 0 bridgehead atoms. The molecular formula is C14H18F2N2O. The highest BCUT2D eigenvalue weighted by Crippen LogP contribution is 2.13. The molecule has 1 aliphatic rings. The third-order valence-electron chi connectivity index (χ3n) is 3.42. The highest BCUT2D eigenvalue weighted by atomic mass is 19.2. The quantitative estimate of drug-likeness (QED) is 0.882. The summed E-state index contributed by atoms with van der Waals surface area (Å²) in [7, 11) is 0. The van der Waals surface area contributed by atoms with Crippen LogP contribution in [0.3, 0.4) is 0 Å². The van der Waals surface area contributed by atoms with Gasteiger partial charge in [-0.15, -0.1) is 0 Å². The van der Waals surface area contributed by atoms with Gasteiger partial charge in [0.15, 0.2) is 11.6 Å². The van der Waals surface area contributed by atoms with E-state index < -0.39 is 17.5 Å². The van der Waals surface area contributed by atoms with E-state index in [4.69, 9.17) is 0 Å². The molecule has 1 aromatic carbocycles. The molecular weight excluding hydrogens is 250 g/mol. The summed E-state index contributed by atoms with van der Waals surface area (Å²) in [5.74, 6) is -2.67. The Morgan fingerprint density at radius 3 is 2.95 bits per heavy atom. The van der Waals surface area contributed by atoms with E-state index in [1.165, 1.54) is 12.1 Å². The topological polar surface area (TPSA) is 41.1 Å². The molecule has 1 aromatic rings. The average molecular weight is 268 g/mol. The van der Waals surface area contributed by atoms with Crippen LogP contribution in [0.15, 0.2) is 18.2 Å². The number of benzene rings is 1. The number of amides is 1. The van der Waals surface area contributed by atoms with E-state index in [-0.39, 0.29) is 11.6 Å². The predicted molar refractivity (Wildman–Crippen MR) is 68.9 cm³/mol. The maximum absolute atomic E-state index is 13.4. The van der Waals surface area contributed by atoms with Crippen molar-refractivity contribution < 1.29 is 13.6 Å². The van der Waals surface area contributed by atoms with Crippen LogP contribution >= 0.6 is 0 Å². The van der Waals surface area contributed by atoms with Gasteiger partial charge in [-0.2, -0.15) is 0 Å². The van der Waals surface area contributed by atoms with Crippen LogP contribution in [0.1, 0.15) is 36.5 Å².